The molecule has 1 aromatic heterocycles. The van der Waals surface area contributed by atoms with Crippen molar-refractivity contribution in [1.29, 1.82) is 0 Å². The van der Waals surface area contributed by atoms with Gasteiger partial charge in [0.2, 0.25) is 5.89 Å². The molecule has 0 unspecified atom stereocenters. The summed E-state index contributed by atoms with van der Waals surface area (Å²) in [7, 11) is 0. The van der Waals surface area contributed by atoms with E-state index >= 15 is 0 Å². The third-order valence-corrected chi connectivity index (χ3v) is 4.88. The van der Waals surface area contributed by atoms with E-state index in [4.69, 9.17) is 9.15 Å². The second-order valence-electron chi connectivity index (χ2n) is 6.99. The largest absolute Gasteiger partial charge is 0.453 e. The van der Waals surface area contributed by atoms with E-state index in [0.717, 1.165) is 24.0 Å². The highest BCUT2D eigenvalue weighted by molar-refractivity contribution is 5.96. The number of nitrogens with zero attached hydrogens (tertiary/aromatic N) is 1. The standard InChI is InChI=1S/C22H19NO4/c1-22(12-13-22)17(24)14-26-21(25)18-19(15-8-4-2-5-9-15)27-20(23-18)16-10-6-3-7-11-16/h2-11H,12-14H2,1H3. The number of hydrogen-bond acceptors (Lipinski definition) is 5. The monoisotopic (exact) mass is 361 g/mol. The second kappa shape index (κ2) is 6.83. The third kappa shape index (κ3) is 3.53. The van der Waals surface area contributed by atoms with Gasteiger partial charge < -0.3 is 9.15 Å². The highest BCUT2D eigenvalue weighted by Gasteiger charge is 2.44. The highest BCUT2D eigenvalue weighted by atomic mass is 16.5. The third-order valence-electron chi connectivity index (χ3n) is 4.88. The van der Waals surface area contributed by atoms with Gasteiger partial charge in [0.15, 0.2) is 23.8 Å². The molecule has 0 saturated heterocycles. The number of hydrogen-bond donors (Lipinski definition) is 0. The molecule has 1 heterocycles. The Morgan fingerprint density at radius 1 is 1.00 bits per heavy atom. The van der Waals surface area contributed by atoms with Crippen molar-refractivity contribution in [3.05, 3.63) is 66.4 Å². The number of ketones is 1. The fourth-order valence-electron chi connectivity index (χ4n) is 2.79. The Morgan fingerprint density at radius 3 is 2.19 bits per heavy atom. The minimum absolute atomic E-state index is 0.0520. The van der Waals surface area contributed by atoms with Gasteiger partial charge in [0.25, 0.3) is 0 Å². The van der Waals surface area contributed by atoms with Crippen molar-refractivity contribution in [3.63, 3.8) is 0 Å². The van der Waals surface area contributed by atoms with Crippen molar-refractivity contribution in [2.45, 2.75) is 19.8 Å². The van der Waals surface area contributed by atoms with Crippen LogP contribution in [0.2, 0.25) is 0 Å². The molecule has 4 rings (SSSR count). The molecule has 0 N–H and O–H groups in total. The van der Waals surface area contributed by atoms with E-state index in [1.807, 2.05) is 67.6 Å². The van der Waals surface area contributed by atoms with Crippen LogP contribution in [-0.4, -0.2) is 23.3 Å². The zero-order valence-electron chi connectivity index (χ0n) is 15.0. The normalized spacial score (nSPS) is 14.6. The quantitative estimate of drug-likeness (QED) is 0.603. The molecule has 0 spiro atoms. The number of ether oxygens (including phenoxy) is 1. The van der Waals surface area contributed by atoms with Gasteiger partial charge >= 0.3 is 5.97 Å². The van der Waals surface area contributed by atoms with Gasteiger partial charge in [-0.15, -0.1) is 0 Å². The minimum Gasteiger partial charge on any atom is -0.453 e. The van der Waals surface area contributed by atoms with Crippen molar-refractivity contribution in [2.24, 2.45) is 5.41 Å². The van der Waals surface area contributed by atoms with Gasteiger partial charge in [-0.05, 0) is 25.0 Å². The Hall–Kier alpha value is -3.21. The van der Waals surface area contributed by atoms with E-state index in [2.05, 4.69) is 4.98 Å². The molecular weight excluding hydrogens is 342 g/mol. The predicted octanol–water partition coefficient (Wildman–Crippen LogP) is 4.53. The Labute approximate surface area is 157 Å². The summed E-state index contributed by atoms with van der Waals surface area (Å²) in [6, 6.07) is 18.6. The van der Waals surface area contributed by atoms with Gasteiger partial charge in [-0.3, -0.25) is 4.79 Å². The molecule has 0 bridgehead atoms. The number of carbonyl (C=O) groups is 2. The highest BCUT2D eigenvalue weighted by Crippen LogP contribution is 2.45. The van der Waals surface area contributed by atoms with Crippen LogP contribution in [0.25, 0.3) is 22.8 Å². The summed E-state index contributed by atoms with van der Waals surface area (Å²) in [5.41, 5.74) is 1.23. The summed E-state index contributed by atoms with van der Waals surface area (Å²) in [6.45, 7) is 1.65. The number of esters is 1. The van der Waals surface area contributed by atoms with Crippen LogP contribution in [0.4, 0.5) is 0 Å². The van der Waals surface area contributed by atoms with Crippen LogP contribution in [-0.2, 0) is 9.53 Å². The fraction of sp³-hybridized carbons (Fsp3) is 0.227. The Kier molecular flexibility index (Phi) is 4.36. The maximum Gasteiger partial charge on any atom is 0.361 e. The molecule has 0 radical (unpaired) electrons. The van der Waals surface area contributed by atoms with E-state index < -0.39 is 5.97 Å². The Bertz CT molecular complexity index is 972. The molecule has 0 aliphatic heterocycles. The van der Waals surface area contributed by atoms with Gasteiger partial charge in [-0.2, -0.15) is 0 Å². The lowest BCUT2D eigenvalue weighted by molar-refractivity contribution is -0.126. The van der Waals surface area contributed by atoms with E-state index in [0.29, 0.717) is 11.7 Å². The molecule has 0 atom stereocenters. The van der Waals surface area contributed by atoms with Crippen LogP contribution in [0.5, 0.6) is 0 Å². The molecule has 136 valence electrons. The van der Waals surface area contributed by atoms with Crippen molar-refractivity contribution < 1.29 is 18.7 Å². The zero-order valence-corrected chi connectivity index (χ0v) is 15.0. The number of carbonyl (C=O) groups excluding carboxylic acids is 2. The van der Waals surface area contributed by atoms with Crippen molar-refractivity contribution in [2.75, 3.05) is 6.61 Å². The summed E-state index contributed by atoms with van der Waals surface area (Å²) in [5, 5.41) is 0. The van der Waals surface area contributed by atoms with E-state index in [9.17, 15) is 9.59 Å². The summed E-state index contributed by atoms with van der Waals surface area (Å²) in [5.74, 6) is -0.0345. The lowest BCUT2D eigenvalue weighted by atomic mass is 10.1. The van der Waals surface area contributed by atoms with Gasteiger partial charge in [-0.1, -0.05) is 55.5 Å². The molecule has 1 fully saturated rings. The van der Waals surface area contributed by atoms with Gasteiger partial charge in [-0.25, -0.2) is 9.78 Å². The molecule has 0 amide bonds. The van der Waals surface area contributed by atoms with Crippen LogP contribution >= 0.6 is 0 Å². The van der Waals surface area contributed by atoms with Gasteiger partial charge in [0.1, 0.15) is 0 Å². The lowest BCUT2D eigenvalue weighted by Gasteiger charge is -2.07. The zero-order chi connectivity index (χ0) is 18.9. The molecule has 27 heavy (non-hydrogen) atoms. The Balaban J connectivity index is 1.64. The maximum absolute atomic E-state index is 12.6. The molecule has 1 aliphatic carbocycles. The number of benzene rings is 2. The molecule has 1 aliphatic rings. The first-order valence-corrected chi connectivity index (χ1v) is 8.89. The second-order valence-corrected chi connectivity index (χ2v) is 6.99. The predicted molar refractivity (Wildman–Crippen MR) is 100 cm³/mol. The molecular formula is C22H19NO4. The molecule has 5 nitrogen and oxygen atoms in total. The van der Waals surface area contributed by atoms with Crippen LogP contribution in [0.1, 0.15) is 30.3 Å². The molecule has 3 aromatic rings. The van der Waals surface area contributed by atoms with E-state index in [1.165, 1.54) is 0 Å². The topological polar surface area (TPSA) is 69.4 Å². The van der Waals surface area contributed by atoms with Gasteiger partial charge in [0, 0.05) is 16.5 Å². The van der Waals surface area contributed by atoms with E-state index in [1.54, 1.807) is 0 Å². The first-order valence-electron chi connectivity index (χ1n) is 8.89. The first kappa shape index (κ1) is 17.2. The van der Waals surface area contributed by atoms with Gasteiger partial charge in [0.05, 0.1) is 0 Å². The summed E-state index contributed by atoms with van der Waals surface area (Å²) >= 11 is 0. The van der Waals surface area contributed by atoms with Crippen LogP contribution in [0, 0.1) is 5.41 Å². The van der Waals surface area contributed by atoms with Crippen molar-refractivity contribution >= 4 is 11.8 Å². The summed E-state index contributed by atoms with van der Waals surface area (Å²) in [6.07, 6.45) is 1.70. The molecule has 1 saturated carbocycles. The Morgan fingerprint density at radius 2 is 1.59 bits per heavy atom. The smallest absolute Gasteiger partial charge is 0.361 e. The molecule has 5 heteroatoms. The van der Waals surface area contributed by atoms with Crippen LogP contribution in [0.3, 0.4) is 0 Å². The first-order chi connectivity index (χ1) is 13.1. The maximum atomic E-state index is 12.6. The lowest BCUT2D eigenvalue weighted by Crippen LogP contribution is -2.21. The van der Waals surface area contributed by atoms with Crippen molar-refractivity contribution in [1.82, 2.24) is 4.98 Å². The fourth-order valence-corrected chi connectivity index (χ4v) is 2.79. The summed E-state index contributed by atoms with van der Waals surface area (Å²) < 4.78 is 11.2. The van der Waals surface area contributed by atoms with Crippen LogP contribution in [0.15, 0.2) is 65.1 Å². The van der Waals surface area contributed by atoms with E-state index in [-0.39, 0.29) is 23.5 Å². The van der Waals surface area contributed by atoms with Crippen LogP contribution < -0.4 is 0 Å². The minimum atomic E-state index is -0.655. The number of aromatic nitrogens is 1. The molecule has 2 aromatic carbocycles. The number of rotatable bonds is 6. The van der Waals surface area contributed by atoms with Crippen molar-refractivity contribution in [3.8, 4) is 22.8 Å². The number of oxazole rings is 1. The number of Topliss-reactive ketones (excluding diaryl/α,β-unsaturated/α-hetero) is 1. The summed E-state index contributed by atoms with van der Waals surface area (Å²) in [4.78, 5) is 29.1. The average molecular weight is 361 g/mol. The SMILES string of the molecule is CC1(C(=O)COC(=O)c2nc(-c3ccccc3)oc2-c2ccccc2)CC1. The average Bonchev–Trinajstić information content (AvgIpc) is 3.31.